The fraction of sp³-hybridized carbons (Fsp3) is 0.0625. The lowest BCUT2D eigenvalue weighted by atomic mass is 10.1. The molecule has 100 valence electrons. The number of amides is 1. The number of ketones is 1. The first-order valence-electron chi connectivity index (χ1n) is 6.16. The normalized spacial score (nSPS) is 10.4. The van der Waals surface area contributed by atoms with E-state index in [4.69, 9.17) is 0 Å². The second-order valence-electron chi connectivity index (χ2n) is 4.22. The van der Waals surface area contributed by atoms with Crippen molar-refractivity contribution in [3.8, 4) is 0 Å². The second kappa shape index (κ2) is 6.43. The van der Waals surface area contributed by atoms with E-state index in [-0.39, 0.29) is 11.7 Å². The number of nitrogens with zero attached hydrogens (tertiary/aromatic N) is 1. The lowest BCUT2D eigenvalue weighted by Gasteiger charge is -2.01. The van der Waals surface area contributed by atoms with Gasteiger partial charge in [0.15, 0.2) is 0 Å². The van der Waals surface area contributed by atoms with E-state index in [0.717, 1.165) is 11.3 Å². The number of rotatable bonds is 4. The molecule has 0 saturated heterocycles. The molecule has 1 N–H and O–H groups in total. The quantitative estimate of drug-likeness (QED) is 0.683. The van der Waals surface area contributed by atoms with Gasteiger partial charge in [0.05, 0.1) is 0 Å². The van der Waals surface area contributed by atoms with E-state index < -0.39 is 0 Å². The summed E-state index contributed by atoms with van der Waals surface area (Å²) in [7, 11) is 0. The largest absolute Gasteiger partial charge is 0.326 e. The minimum absolute atomic E-state index is 0.112. The van der Waals surface area contributed by atoms with E-state index in [1.165, 1.54) is 13.0 Å². The van der Waals surface area contributed by atoms with Gasteiger partial charge >= 0.3 is 0 Å². The Labute approximate surface area is 117 Å². The lowest BCUT2D eigenvalue weighted by Crippen LogP contribution is -2.05. The molecule has 4 nitrogen and oxygen atoms in total. The van der Waals surface area contributed by atoms with Crippen molar-refractivity contribution in [2.24, 2.45) is 0 Å². The van der Waals surface area contributed by atoms with Crippen LogP contribution in [0.15, 0.2) is 54.7 Å². The molecule has 0 fully saturated rings. The number of carbonyl (C=O) groups excluding carboxylic acids is 2. The SMILES string of the molecule is CC(=O)Nc1ccc(/C=C\C(=O)c2ccccn2)cc1. The topological polar surface area (TPSA) is 59.1 Å². The first-order valence-corrected chi connectivity index (χ1v) is 6.16. The van der Waals surface area contributed by atoms with Gasteiger partial charge in [-0.05, 0) is 35.9 Å². The van der Waals surface area contributed by atoms with Crippen LogP contribution < -0.4 is 5.32 Å². The molecule has 0 unspecified atom stereocenters. The zero-order chi connectivity index (χ0) is 14.4. The Hall–Kier alpha value is -2.75. The average Bonchev–Trinajstić information content (AvgIpc) is 2.46. The van der Waals surface area contributed by atoms with E-state index in [0.29, 0.717) is 5.69 Å². The molecule has 0 bridgehead atoms. The van der Waals surface area contributed by atoms with Crippen LogP contribution in [0.2, 0.25) is 0 Å². The molecule has 20 heavy (non-hydrogen) atoms. The van der Waals surface area contributed by atoms with Gasteiger partial charge in [0, 0.05) is 18.8 Å². The van der Waals surface area contributed by atoms with Gasteiger partial charge in [-0.3, -0.25) is 14.6 Å². The van der Waals surface area contributed by atoms with Gasteiger partial charge in [0.25, 0.3) is 0 Å². The fourth-order valence-corrected chi connectivity index (χ4v) is 1.65. The van der Waals surface area contributed by atoms with Gasteiger partial charge in [0.2, 0.25) is 11.7 Å². The number of allylic oxidation sites excluding steroid dienone is 1. The monoisotopic (exact) mass is 266 g/mol. The average molecular weight is 266 g/mol. The van der Waals surface area contributed by atoms with Crippen molar-refractivity contribution < 1.29 is 9.59 Å². The zero-order valence-corrected chi connectivity index (χ0v) is 11.0. The minimum atomic E-state index is -0.142. The van der Waals surface area contributed by atoms with Crippen molar-refractivity contribution in [3.63, 3.8) is 0 Å². The van der Waals surface area contributed by atoms with Crippen molar-refractivity contribution in [1.29, 1.82) is 0 Å². The van der Waals surface area contributed by atoms with E-state index in [9.17, 15) is 9.59 Å². The highest BCUT2D eigenvalue weighted by Crippen LogP contribution is 2.11. The van der Waals surface area contributed by atoms with Crippen molar-refractivity contribution in [1.82, 2.24) is 4.98 Å². The molecule has 0 radical (unpaired) electrons. The van der Waals surface area contributed by atoms with E-state index in [1.807, 2.05) is 12.1 Å². The summed E-state index contributed by atoms with van der Waals surface area (Å²) in [6, 6.07) is 12.4. The minimum Gasteiger partial charge on any atom is -0.326 e. The first-order chi connectivity index (χ1) is 9.65. The van der Waals surface area contributed by atoms with Crippen LogP contribution in [0.25, 0.3) is 6.08 Å². The molecule has 0 aliphatic rings. The Morgan fingerprint density at radius 2 is 1.85 bits per heavy atom. The summed E-state index contributed by atoms with van der Waals surface area (Å²) in [5, 5.41) is 2.68. The Balaban J connectivity index is 2.04. The summed E-state index contributed by atoms with van der Waals surface area (Å²) in [6.45, 7) is 1.46. The molecular weight excluding hydrogens is 252 g/mol. The van der Waals surface area contributed by atoms with Crippen LogP contribution in [0, 0.1) is 0 Å². The maximum atomic E-state index is 11.8. The van der Waals surface area contributed by atoms with E-state index in [1.54, 1.807) is 42.6 Å². The number of aromatic nitrogens is 1. The summed E-state index contributed by atoms with van der Waals surface area (Å²) >= 11 is 0. The summed E-state index contributed by atoms with van der Waals surface area (Å²) in [5.74, 6) is -0.254. The highest BCUT2D eigenvalue weighted by Gasteiger charge is 2.01. The number of benzene rings is 1. The van der Waals surface area contributed by atoms with Gasteiger partial charge < -0.3 is 5.32 Å². The van der Waals surface area contributed by atoms with E-state index in [2.05, 4.69) is 10.3 Å². The molecule has 0 atom stereocenters. The maximum absolute atomic E-state index is 11.8. The molecule has 0 spiro atoms. The number of anilines is 1. The summed E-state index contributed by atoms with van der Waals surface area (Å²) < 4.78 is 0. The molecule has 2 aromatic rings. The van der Waals surface area contributed by atoms with Gasteiger partial charge in [-0.25, -0.2) is 0 Å². The predicted molar refractivity (Wildman–Crippen MR) is 78.3 cm³/mol. The molecule has 0 aliphatic heterocycles. The van der Waals surface area contributed by atoms with Crippen LogP contribution in [-0.4, -0.2) is 16.7 Å². The Morgan fingerprint density at radius 3 is 2.45 bits per heavy atom. The number of nitrogens with one attached hydrogen (secondary N) is 1. The Kier molecular flexibility index (Phi) is 4.39. The highest BCUT2D eigenvalue weighted by molar-refractivity contribution is 6.05. The Morgan fingerprint density at radius 1 is 1.10 bits per heavy atom. The van der Waals surface area contributed by atoms with Gasteiger partial charge in [0.1, 0.15) is 5.69 Å². The molecule has 1 aromatic carbocycles. The van der Waals surface area contributed by atoms with Crippen LogP contribution in [0.5, 0.6) is 0 Å². The third-order valence-corrected chi connectivity index (χ3v) is 2.58. The second-order valence-corrected chi connectivity index (χ2v) is 4.22. The standard InChI is InChI=1S/C16H14N2O2/c1-12(19)18-14-8-5-13(6-9-14)7-10-16(20)15-4-2-3-11-17-15/h2-11H,1H3,(H,18,19)/b10-7-. The van der Waals surface area contributed by atoms with Crippen LogP contribution in [0.4, 0.5) is 5.69 Å². The molecule has 2 rings (SSSR count). The van der Waals surface area contributed by atoms with Gasteiger partial charge in [-0.2, -0.15) is 0 Å². The molecule has 4 heteroatoms. The zero-order valence-electron chi connectivity index (χ0n) is 11.0. The molecular formula is C16H14N2O2. The predicted octanol–water partition coefficient (Wildman–Crippen LogP) is 2.94. The van der Waals surface area contributed by atoms with Gasteiger partial charge in [-0.15, -0.1) is 0 Å². The number of hydrogen-bond donors (Lipinski definition) is 1. The van der Waals surface area contributed by atoms with Crippen LogP contribution in [0.1, 0.15) is 23.0 Å². The molecule has 1 amide bonds. The molecule has 1 aromatic heterocycles. The smallest absolute Gasteiger partial charge is 0.221 e. The van der Waals surface area contributed by atoms with Crippen molar-refractivity contribution in [2.75, 3.05) is 5.32 Å². The summed E-state index contributed by atoms with van der Waals surface area (Å²) in [6.07, 6.45) is 4.79. The number of carbonyl (C=O) groups is 2. The number of hydrogen-bond acceptors (Lipinski definition) is 3. The number of pyridine rings is 1. The summed E-state index contributed by atoms with van der Waals surface area (Å²) in [4.78, 5) is 26.7. The molecule has 0 saturated carbocycles. The van der Waals surface area contributed by atoms with Gasteiger partial charge in [-0.1, -0.05) is 24.3 Å². The first kappa shape index (κ1) is 13.7. The summed E-state index contributed by atoms with van der Waals surface area (Å²) in [5.41, 5.74) is 2.02. The molecule has 0 aliphatic carbocycles. The van der Waals surface area contributed by atoms with E-state index >= 15 is 0 Å². The lowest BCUT2D eigenvalue weighted by molar-refractivity contribution is -0.114. The fourth-order valence-electron chi connectivity index (χ4n) is 1.65. The van der Waals surface area contributed by atoms with Crippen LogP contribution >= 0.6 is 0 Å². The van der Waals surface area contributed by atoms with Crippen molar-refractivity contribution in [3.05, 3.63) is 66.0 Å². The van der Waals surface area contributed by atoms with Crippen LogP contribution in [0.3, 0.4) is 0 Å². The van der Waals surface area contributed by atoms with Crippen LogP contribution in [-0.2, 0) is 4.79 Å². The molecule has 1 heterocycles. The third kappa shape index (κ3) is 3.88. The maximum Gasteiger partial charge on any atom is 0.221 e. The highest BCUT2D eigenvalue weighted by atomic mass is 16.1. The Bertz CT molecular complexity index is 631. The van der Waals surface area contributed by atoms with Crippen molar-refractivity contribution in [2.45, 2.75) is 6.92 Å². The van der Waals surface area contributed by atoms with Crippen molar-refractivity contribution >= 4 is 23.5 Å². The third-order valence-electron chi connectivity index (χ3n) is 2.58.